The normalized spacial score (nSPS) is 12.2. The van der Waals surface area contributed by atoms with Crippen molar-refractivity contribution in [1.82, 2.24) is 19.4 Å². The number of aldehydes is 1. The van der Waals surface area contributed by atoms with Crippen LogP contribution in [0, 0.1) is 5.82 Å². The molecule has 0 fully saturated rings. The van der Waals surface area contributed by atoms with Gasteiger partial charge in [-0.25, -0.2) is 4.39 Å². The van der Waals surface area contributed by atoms with Crippen molar-refractivity contribution >= 4 is 18.0 Å². The number of likely N-dealkylation sites (N-methyl/N-ethyl adjacent to an activating group) is 1. The van der Waals surface area contributed by atoms with Gasteiger partial charge in [-0.2, -0.15) is 18.2 Å². The number of nitrogens with zero attached hydrogens (tertiary/aromatic N) is 7. The van der Waals surface area contributed by atoms with Crippen LogP contribution in [-0.2, 0) is 29.7 Å². The molecule has 1 aromatic heterocycles. The lowest BCUT2D eigenvalue weighted by molar-refractivity contribution is -0.137. The minimum Gasteiger partial charge on any atom is -0.304 e. The Bertz CT molecular complexity index is 1770. The van der Waals surface area contributed by atoms with Crippen LogP contribution in [-0.4, -0.2) is 58.4 Å². The lowest BCUT2D eigenvalue weighted by atomic mass is 10.0. The number of thioether (sulfide) groups is 1. The fourth-order valence-electron chi connectivity index (χ4n) is 5.24. The van der Waals surface area contributed by atoms with E-state index in [1.54, 1.807) is 22.9 Å². The van der Waals surface area contributed by atoms with Gasteiger partial charge in [0.25, 0.3) is 5.56 Å². The van der Waals surface area contributed by atoms with Gasteiger partial charge in [0.2, 0.25) is 0 Å². The van der Waals surface area contributed by atoms with Crippen LogP contribution >= 0.6 is 11.8 Å². The Hall–Kier alpha value is -4.49. The second kappa shape index (κ2) is 17.8. The van der Waals surface area contributed by atoms with E-state index in [-0.39, 0.29) is 24.3 Å². The molecule has 4 aromatic rings. The summed E-state index contributed by atoms with van der Waals surface area (Å²) in [5.41, 5.74) is 10.9. The number of benzene rings is 3. The van der Waals surface area contributed by atoms with Crippen molar-refractivity contribution in [2.75, 3.05) is 32.7 Å². The lowest BCUT2D eigenvalue weighted by Gasteiger charge is -2.33. The maximum atomic E-state index is 13.5. The van der Waals surface area contributed by atoms with E-state index < -0.39 is 23.5 Å². The minimum atomic E-state index is -4.42. The van der Waals surface area contributed by atoms with E-state index >= 15 is 0 Å². The molecule has 0 aliphatic carbocycles. The van der Waals surface area contributed by atoms with Gasteiger partial charge in [-0.15, -0.1) is 0 Å². The highest BCUT2D eigenvalue weighted by atomic mass is 32.2. The summed E-state index contributed by atoms with van der Waals surface area (Å²) in [5.74, 6) is -0.00765. The predicted molar refractivity (Wildman–Crippen MR) is 182 cm³/mol. The van der Waals surface area contributed by atoms with Crippen LogP contribution in [0.25, 0.3) is 21.6 Å². The molecule has 0 aliphatic rings. The molecule has 14 heteroatoms. The molecule has 49 heavy (non-hydrogen) atoms. The van der Waals surface area contributed by atoms with Gasteiger partial charge in [0.15, 0.2) is 11.4 Å². The molecule has 3 aromatic carbocycles. The summed E-state index contributed by atoms with van der Waals surface area (Å²) in [6.45, 7) is 7.22. The molecule has 1 atom stereocenters. The SMILES string of the molecule is CCN(CC)CCN(Cc1ccc(-c2ccc(C(F)(F)F)cc2)cc1)C(C=O)n1cc(CCN=[N+]=[N-])c(=O)nc1SCc1ccc(F)cc1. The zero-order chi connectivity index (χ0) is 35.4. The Labute approximate surface area is 286 Å². The fraction of sp³-hybridized carbons (Fsp3) is 0.343. The smallest absolute Gasteiger partial charge is 0.304 e. The molecule has 0 saturated carbocycles. The van der Waals surface area contributed by atoms with Gasteiger partial charge < -0.3 is 9.47 Å². The third kappa shape index (κ3) is 10.5. The molecule has 0 amide bonds. The van der Waals surface area contributed by atoms with Crippen LogP contribution in [0.4, 0.5) is 17.6 Å². The predicted octanol–water partition coefficient (Wildman–Crippen LogP) is 7.75. The molecule has 0 N–H and O–H groups in total. The largest absolute Gasteiger partial charge is 0.416 e. The molecule has 258 valence electrons. The van der Waals surface area contributed by atoms with Gasteiger partial charge in [-0.3, -0.25) is 14.5 Å². The average molecular weight is 696 g/mol. The summed E-state index contributed by atoms with van der Waals surface area (Å²) in [7, 11) is 0. The van der Waals surface area contributed by atoms with Crippen LogP contribution in [0.2, 0.25) is 0 Å². The average Bonchev–Trinajstić information content (AvgIpc) is 3.10. The molecule has 1 unspecified atom stereocenters. The van der Waals surface area contributed by atoms with Crippen molar-refractivity contribution in [3.63, 3.8) is 0 Å². The van der Waals surface area contributed by atoms with E-state index in [1.807, 2.05) is 29.2 Å². The van der Waals surface area contributed by atoms with E-state index in [0.717, 1.165) is 48.2 Å². The number of carbonyl (C=O) groups is 1. The molecule has 0 saturated heterocycles. The second-order valence-corrected chi connectivity index (χ2v) is 12.1. The van der Waals surface area contributed by atoms with Crippen molar-refractivity contribution in [2.45, 2.75) is 50.1 Å². The number of hydrogen-bond acceptors (Lipinski definition) is 7. The summed E-state index contributed by atoms with van der Waals surface area (Å²) in [5, 5.41) is 3.84. The summed E-state index contributed by atoms with van der Waals surface area (Å²) < 4.78 is 54.4. The van der Waals surface area contributed by atoms with Gasteiger partial charge in [-0.1, -0.05) is 79.3 Å². The van der Waals surface area contributed by atoms with E-state index in [0.29, 0.717) is 36.1 Å². The Morgan fingerprint density at radius 1 is 0.959 bits per heavy atom. The Morgan fingerprint density at radius 3 is 2.14 bits per heavy atom. The van der Waals surface area contributed by atoms with Crippen LogP contribution in [0.15, 0.2) is 94.1 Å². The standard InChI is InChI=1S/C35H37F4N7O2S/c1-3-44(4-2)19-20-45(21-25-5-9-27(10-6-25)28-11-13-30(14-12-28)35(37,38)39)32(23-47)46-22-29(17-18-41-43-40)33(48)42-34(46)49-24-26-7-15-31(36)16-8-26/h5-16,22-23,32H,3-4,17-21,24H2,1-2H3. The van der Waals surface area contributed by atoms with E-state index in [2.05, 4.69) is 33.8 Å². The number of aromatic nitrogens is 2. The van der Waals surface area contributed by atoms with E-state index in [9.17, 15) is 27.2 Å². The van der Waals surface area contributed by atoms with Crippen LogP contribution < -0.4 is 5.56 Å². The molecule has 1 heterocycles. The Morgan fingerprint density at radius 2 is 1.57 bits per heavy atom. The third-order valence-corrected chi connectivity index (χ3v) is 9.12. The third-order valence-electron chi connectivity index (χ3n) is 8.08. The number of halogens is 4. The summed E-state index contributed by atoms with van der Waals surface area (Å²) in [4.78, 5) is 37.3. The number of hydrogen-bond donors (Lipinski definition) is 0. The Kier molecular flexibility index (Phi) is 13.5. The van der Waals surface area contributed by atoms with Gasteiger partial charge in [-0.05, 0) is 71.6 Å². The molecular weight excluding hydrogens is 658 g/mol. The van der Waals surface area contributed by atoms with E-state index in [4.69, 9.17) is 5.53 Å². The van der Waals surface area contributed by atoms with Crippen molar-refractivity contribution in [3.8, 4) is 11.1 Å². The number of alkyl halides is 3. The fourth-order valence-corrected chi connectivity index (χ4v) is 6.18. The van der Waals surface area contributed by atoms with Gasteiger partial charge >= 0.3 is 6.18 Å². The van der Waals surface area contributed by atoms with Gasteiger partial charge in [0.1, 0.15) is 12.0 Å². The maximum Gasteiger partial charge on any atom is 0.416 e. The monoisotopic (exact) mass is 695 g/mol. The summed E-state index contributed by atoms with van der Waals surface area (Å²) in [6.07, 6.45) is -2.78. The number of carbonyl (C=O) groups excluding carboxylic acids is 1. The molecule has 0 bridgehead atoms. The highest BCUT2D eigenvalue weighted by molar-refractivity contribution is 7.98. The first kappa shape index (κ1) is 37.3. The lowest BCUT2D eigenvalue weighted by Crippen LogP contribution is -2.40. The number of rotatable bonds is 17. The topological polar surface area (TPSA) is 107 Å². The zero-order valence-corrected chi connectivity index (χ0v) is 28.0. The van der Waals surface area contributed by atoms with Crippen LogP contribution in [0.5, 0.6) is 0 Å². The molecule has 0 spiro atoms. The Balaban J connectivity index is 1.68. The minimum absolute atomic E-state index is 0.0399. The van der Waals surface area contributed by atoms with Crippen LogP contribution in [0.1, 0.15) is 42.3 Å². The molecule has 0 aliphatic heterocycles. The van der Waals surface area contributed by atoms with Gasteiger partial charge in [0.05, 0.1) is 5.56 Å². The molecule has 0 radical (unpaired) electrons. The second-order valence-electron chi connectivity index (χ2n) is 11.2. The highest BCUT2D eigenvalue weighted by Crippen LogP contribution is 2.31. The zero-order valence-electron chi connectivity index (χ0n) is 27.2. The molecular formula is C35H37F4N7O2S. The molecule has 9 nitrogen and oxygen atoms in total. The first-order valence-electron chi connectivity index (χ1n) is 15.7. The van der Waals surface area contributed by atoms with E-state index in [1.165, 1.54) is 36.0 Å². The highest BCUT2D eigenvalue weighted by Gasteiger charge is 2.30. The molecule has 4 rings (SSSR count). The van der Waals surface area contributed by atoms with Crippen molar-refractivity contribution < 1.29 is 22.4 Å². The summed E-state index contributed by atoms with van der Waals surface area (Å²) in [6, 6.07) is 18.4. The van der Waals surface area contributed by atoms with Crippen LogP contribution in [0.3, 0.4) is 0 Å². The first-order valence-corrected chi connectivity index (χ1v) is 16.7. The quantitative estimate of drug-likeness (QED) is 0.0213. The van der Waals surface area contributed by atoms with Crippen molar-refractivity contribution in [1.29, 1.82) is 0 Å². The van der Waals surface area contributed by atoms with Crippen molar-refractivity contribution in [3.05, 3.63) is 128 Å². The maximum absolute atomic E-state index is 13.5. The number of azide groups is 1. The van der Waals surface area contributed by atoms with Crippen molar-refractivity contribution in [2.24, 2.45) is 5.11 Å². The summed E-state index contributed by atoms with van der Waals surface area (Å²) >= 11 is 1.24. The van der Waals surface area contributed by atoms with Gasteiger partial charge in [0, 0.05) is 48.6 Å². The first-order chi connectivity index (χ1) is 23.6.